The van der Waals surface area contributed by atoms with E-state index in [4.69, 9.17) is 4.74 Å². The second-order valence-electron chi connectivity index (χ2n) is 4.08. The van der Waals surface area contributed by atoms with Crippen LogP contribution in [0.3, 0.4) is 0 Å². The third-order valence-electron chi connectivity index (χ3n) is 2.99. The van der Waals surface area contributed by atoms with Crippen LogP contribution < -0.4 is 5.32 Å². The Hall–Kier alpha value is -1.39. The van der Waals surface area contributed by atoms with Gasteiger partial charge in [-0.2, -0.15) is 0 Å². The van der Waals surface area contributed by atoms with Gasteiger partial charge in [-0.25, -0.2) is 4.79 Å². The van der Waals surface area contributed by atoms with Gasteiger partial charge in [-0.15, -0.1) is 0 Å². The zero-order valence-electron chi connectivity index (χ0n) is 9.85. The van der Waals surface area contributed by atoms with Gasteiger partial charge in [0, 0.05) is 0 Å². The molecule has 92 valence electrons. The second kappa shape index (κ2) is 5.29. The van der Waals surface area contributed by atoms with E-state index >= 15 is 0 Å². The Morgan fingerprint density at radius 2 is 2.35 bits per heavy atom. The molecule has 2 atom stereocenters. The topological polar surface area (TPSA) is 58.6 Å². The fourth-order valence-electron chi connectivity index (χ4n) is 2.18. The summed E-state index contributed by atoms with van der Waals surface area (Å²) < 4.78 is 4.84. The molecule has 17 heavy (non-hydrogen) atoms. The van der Waals surface area contributed by atoms with Crippen molar-refractivity contribution in [2.24, 2.45) is 0 Å². The molecule has 1 aliphatic rings. The Bertz CT molecular complexity index is 405. The van der Waals surface area contributed by atoms with Crippen LogP contribution in [0.5, 0.6) is 0 Å². The largest absolute Gasteiger partial charge is 0.464 e. The molecule has 1 aliphatic heterocycles. The lowest BCUT2D eigenvalue weighted by Crippen LogP contribution is -2.42. The maximum Gasteiger partial charge on any atom is 0.336 e. The number of hydrogen-bond donors (Lipinski definition) is 2. The number of carbonyl (C=O) groups is 1. The molecule has 1 heterocycles. The van der Waals surface area contributed by atoms with E-state index in [-0.39, 0.29) is 12.6 Å². The molecule has 0 saturated carbocycles. The van der Waals surface area contributed by atoms with Crippen LogP contribution in [0.25, 0.3) is 0 Å². The van der Waals surface area contributed by atoms with E-state index < -0.39 is 12.1 Å². The molecular formula is C13H17NO3. The standard InChI is InChI=1S/C13H17NO3/c1-2-17-13(16)12(15)11-10-6-4-3-5-9(10)7-8-14-11/h3-6,11-12,14-15H,2,7-8H2,1H3. The van der Waals surface area contributed by atoms with Crippen molar-refractivity contribution in [1.82, 2.24) is 5.32 Å². The number of hydrogen-bond acceptors (Lipinski definition) is 4. The lowest BCUT2D eigenvalue weighted by atomic mass is 9.91. The molecule has 0 amide bonds. The van der Waals surface area contributed by atoms with Crippen LogP contribution in [0.2, 0.25) is 0 Å². The molecule has 1 aromatic rings. The number of esters is 1. The molecule has 0 bridgehead atoms. The maximum absolute atomic E-state index is 11.5. The first-order chi connectivity index (χ1) is 8.24. The van der Waals surface area contributed by atoms with E-state index in [0.29, 0.717) is 0 Å². The quantitative estimate of drug-likeness (QED) is 0.761. The van der Waals surface area contributed by atoms with Gasteiger partial charge in [0.05, 0.1) is 12.6 Å². The van der Waals surface area contributed by atoms with Gasteiger partial charge in [0.1, 0.15) is 0 Å². The lowest BCUT2D eigenvalue weighted by molar-refractivity contribution is -0.154. The highest BCUT2D eigenvalue weighted by atomic mass is 16.5. The van der Waals surface area contributed by atoms with Crippen LogP contribution in [-0.2, 0) is 16.0 Å². The van der Waals surface area contributed by atoms with Crippen LogP contribution in [0, 0.1) is 0 Å². The fourth-order valence-corrected chi connectivity index (χ4v) is 2.18. The summed E-state index contributed by atoms with van der Waals surface area (Å²) in [5.41, 5.74) is 2.17. The zero-order chi connectivity index (χ0) is 12.3. The zero-order valence-corrected chi connectivity index (χ0v) is 9.85. The number of nitrogens with one attached hydrogen (secondary N) is 1. The Morgan fingerprint density at radius 3 is 3.12 bits per heavy atom. The molecule has 1 aromatic carbocycles. The Morgan fingerprint density at radius 1 is 1.59 bits per heavy atom. The van der Waals surface area contributed by atoms with E-state index in [1.807, 2.05) is 24.3 Å². The fraction of sp³-hybridized carbons (Fsp3) is 0.462. The molecule has 0 radical (unpaired) electrons. The number of ether oxygens (including phenoxy) is 1. The van der Waals surface area contributed by atoms with Gasteiger partial charge in [-0.05, 0) is 31.0 Å². The summed E-state index contributed by atoms with van der Waals surface area (Å²) in [6, 6.07) is 7.49. The van der Waals surface area contributed by atoms with Gasteiger partial charge in [0.25, 0.3) is 0 Å². The van der Waals surface area contributed by atoms with Crippen molar-refractivity contribution in [3.8, 4) is 0 Å². The van der Waals surface area contributed by atoms with E-state index in [0.717, 1.165) is 18.5 Å². The average Bonchev–Trinajstić information content (AvgIpc) is 2.37. The summed E-state index contributed by atoms with van der Waals surface area (Å²) in [4.78, 5) is 11.5. The summed E-state index contributed by atoms with van der Waals surface area (Å²) in [6.07, 6.45) is -0.223. The monoisotopic (exact) mass is 235 g/mol. The van der Waals surface area contributed by atoms with Crippen LogP contribution in [-0.4, -0.2) is 30.3 Å². The third-order valence-corrected chi connectivity index (χ3v) is 2.99. The second-order valence-corrected chi connectivity index (χ2v) is 4.08. The lowest BCUT2D eigenvalue weighted by Gasteiger charge is -2.29. The predicted octanol–water partition coefficient (Wildman–Crippen LogP) is 0.797. The van der Waals surface area contributed by atoms with Gasteiger partial charge >= 0.3 is 5.97 Å². The number of fused-ring (bicyclic) bond motifs is 1. The van der Waals surface area contributed by atoms with Crippen LogP contribution >= 0.6 is 0 Å². The maximum atomic E-state index is 11.5. The van der Waals surface area contributed by atoms with Crippen molar-refractivity contribution in [3.63, 3.8) is 0 Å². The molecule has 4 nitrogen and oxygen atoms in total. The average molecular weight is 235 g/mol. The molecule has 0 aromatic heterocycles. The molecule has 0 aliphatic carbocycles. The molecule has 0 fully saturated rings. The summed E-state index contributed by atoms with van der Waals surface area (Å²) >= 11 is 0. The summed E-state index contributed by atoms with van der Waals surface area (Å²) in [5, 5.41) is 13.1. The number of benzene rings is 1. The molecule has 4 heteroatoms. The van der Waals surface area contributed by atoms with Crippen LogP contribution in [0.1, 0.15) is 24.1 Å². The first-order valence-electron chi connectivity index (χ1n) is 5.90. The van der Waals surface area contributed by atoms with Gasteiger partial charge < -0.3 is 15.2 Å². The molecule has 0 saturated heterocycles. The molecular weight excluding hydrogens is 218 g/mol. The highest BCUT2D eigenvalue weighted by molar-refractivity contribution is 5.75. The van der Waals surface area contributed by atoms with Gasteiger partial charge in [-0.3, -0.25) is 0 Å². The molecule has 2 rings (SSSR count). The summed E-state index contributed by atoms with van der Waals surface area (Å²) in [7, 11) is 0. The SMILES string of the molecule is CCOC(=O)C(O)C1NCCc2ccccc21. The molecule has 0 spiro atoms. The van der Waals surface area contributed by atoms with Crippen LogP contribution in [0.15, 0.2) is 24.3 Å². The minimum Gasteiger partial charge on any atom is -0.464 e. The van der Waals surface area contributed by atoms with Crippen molar-refractivity contribution in [2.75, 3.05) is 13.2 Å². The molecule has 2 unspecified atom stereocenters. The minimum atomic E-state index is -1.14. The van der Waals surface area contributed by atoms with Gasteiger partial charge in [0.2, 0.25) is 0 Å². The van der Waals surface area contributed by atoms with Crippen molar-refractivity contribution < 1.29 is 14.6 Å². The molecule has 2 N–H and O–H groups in total. The normalized spacial score (nSPS) is 20.5. The van der Waals surface area contributed by atoms with E-state index in [1.165, 1.54) is 5.56 Å². The smallest absolute Gasteiger partial charge is 0.336 e. The van der Waals surface area contributed by atoms with Gasteiger partial charge in [0.15, 0.2) is 6.10 Å². The van der Waals surface area contributed by atoms with E-state index in [9.17, 15) is 9.90 Å². The summed E-state index contributed by atoms with van der Waals surface area (Å²) in [5.74, 6) is -0.568. The Kier molecular flexibility index (Phi) is 3.76. The number of aliphatic hydroxyl groups is 1. The summed E-state index contributed by atoms with van der Waals surface area (Å²) in [6.45, 7) is 2.77. The predicted molar refractivity (Wildman–Crippen MR) is 63.5 cm³/mol. The van der Waals surface area contributed by atoms with Crippen molar-refractivity contribution >= 4 is 5.97 Å². The highest BCUT2D eigenvalue weighted by Crippen LogP contribution is 2.25. The van der Waals surface area contributed by atoms with Gasteiger partial charge in [-0.1, -0.05) is 24.3 Å². The van der Waals surface area contributed by atoms with E-state index in [2.05, 4.69) is 5.32 Å². The Labute approximate surface area is 101 Å². The third kappa shape index (κ3) is 2.48. The van der Waals surface area contributed by atoms with E-state index in [1.54, 1.807) is 6.92 Å². The number of carbonyl (C=O) groups excluding carboxylic acids is 1. The number of aliphatic hydroxyl groups excluding tert-OH is 1. The first-order valence-corrected chi connectivity index (χ1v) is 5.90. The Balaban J connectivity index is 2.20. The van der Waals surface area contributed by atoms with Crippen molar-refractivity contribution in [2.45, 2.75) is 25.5 Å². The first kappa shape index (κ1) is 12.1. The van der Waals surface area contributed by atoms with Crippen molar-refractivity contribution in [3.05, 3.63) is 35.4 Å². The van der Waals surface area contributed by atoms with Crippen molar-refractivity contribution in [1.29, 1.82) is 0 Å². The number of rotatable bonds is 3. The van der Waals surface area contributed by atoms with Crippen LogP contribution in [0.4, 0.5) is 0 Å². The minimum absolute atomic E-state index is 0.282. The highest BCUT2D eigenvalue weighted by Gasteiger charge is 2.31.